The molecule has 0 bridgehead atoms. The number of carbonyl (C=O) groups is 1. The van der Waals surface area contributed by atoms with Crippen molar-refractivity contribution in [2.75, 3.05) is 25.0 Å². The molecule has 2 N–H and O–H groups in total. The molecule has 0 spiro atoms. The largest absolute Gasteiger partial charge is 0.364 e. The second-order valence-corrected chi connectivity index (χ2v) is 6.03. The summed E-state index contributed by atoms with van der Waals surface area (Å²) >= 11 is 6.12. The lowest BCUT2D eigenvalue weighted by atomic mass is 10.2. The number of aryl methyl sites for hydroxylation is 1. The third-order valence-corrected chi connectivity index (χ3v) is 3.74. The van der Waals surface area contributed by atoms with Crippen LogP contribution in [0.2, 0.25) is 5.02 Å². The molecule has 0 radical (unpaired) electrons. The van der Waals surface area contributed by atoms with Gasteiger partial charge in [0.1, 0.15) is 25.3 Å². The molecule has 0 unspecified atom stereocenters. The highest BCUT2D eigenvalue weighted by Gasteiger charge is 2.27. The van der Waals surface area contributed by atoms with Crippen molar-refractivity contribution < 1.29 is 14.4 Å². The minimum Gasteiger partial charge on any atom is -0.364 e. The Labute approximate surface area is 125 Å². The lowest BCUT2D eigenvalue weighted by Crippen LogP contribution is -3.16. The zero-order valence-electron chi connectivity index (χ0n) is 12.2. The molecule has 4 nitrogen and oxygen atoms in total. The van der Waals surface area contributed by atoms with Crippen LogP contribution in [-0.2, 0) is 9.53 Å². The van der Waals surface area contributed by atoms with Crippen molar-refractivity contribution in [2.24, 2.45) is 0 Å². The maximum absolute atomic E-state index is 12.1. The third-order valence-electron chi connectivity index (χ3n) is 3.43. The van der Waals surface area contributed by atoms with Gasteiger partial charge in [-0.05, 0) is 38.5 Å². The van der Waals surface area contributed by atoms with Crippen molar-refractivity contribution in [3.63, 3.8) is 0 Å². The quantitative estimate of drug-likeness (QED) is 0.883. The van der Waals surface area contributed by atoms with Gasteiger partial charge >= 0.3 is 0 Å². The van der Waals surface area contributed by atoms with Crippen LogP contribution in [0.1, 0.15) is 19.4 Å². The zero-order valence-corrected chi connectivity index (χ0v) is 13.0. The fourth-order valence-corrected chi connectivity index (χ4v) is 2.96. The molecule has 5 heteroatoms. The Balaban J connectivity index is 1.92. The Hall–Kier alpha value is -1.10. The van der Waals surface area contributed by atoms with Gasteiger partial charge in [-0.25, -0.2) is 0 Å². The lowest BCUT2D eigenvalue weighted by Gasteiger charge is -2.31. The first kappa shape index (κ1) is 15.3. The highest BCUT2D eigenvalue weighted by molar-refractivity contribution is 6.33. The molecule has 1 aromatic carbocycles. The molecule has 1 aliphatic heterocycles. The normalized spacial score (nSPS) is 26.3. The van der Waals surface area contributed by atoms with Crippen LogP contribution >= 0.6 is 11.6 Å². The van der Waals surface area contributed by atoms with Gasteiger partial charge in [-0.1, -0.05) is 17.7 Å². The highest BCUT2D eigenvalue weighted by atomic mass is 35.5. The van der Waals surface area contributed by atoms with Gasteiger partial charge in [-0.3, -0.25) is 4.79 Å². The standard InChI is InChI=1S/C15H21ClN2O2/c1-10-4-5-14(13(16)6-10)17-15(19)9-18-7-11(2)20-12(3)8-18/h4-6,11-12H,7-9H2,1-3H3,(H,17,19)/p+1/t11-,12-/m1/s1. The molecule has 1 heterocycles. The van der Waals surface area contributed by atoms with Gasteiger partial charge in [0.15, 0.2) is 6.54 Å². The summed E-state index contributed by atoms with van der Waals surface area (Å²) in [5.41, 5.74) is 1.76. The van der Waals surface area contributed by atoms with E-state index in [0.717, 1.165) is 18.7 Å². The van der Waals surface area contributed by atoms with Gasteiger partial charge in [-0.2, -0.15) is 0 Å². The number of nitrogens with one attached hydrogen (secondary N) is 2. The van der Waals surface area contributed by atoms with Crippen LogP contribution in [0.15, 0.2) is 18.2 Å². The monoisotopic (exact) mass is 297 g/mol. The fraction of sp³-hybridized carbons (Fsp3) is 0.533. The van der Waals surface area contributed by atoms with Crippen molar-refractivity contribution in [3.8, 4) is 0 Å². The average Bonchev–Trinajstić information content (AvgIpc) is 2.31. The van der Waals surface area contributed by atoms with Crippen LogP contribution in [0.5, 0.6) is 0 Å². The molecule has 1 saturated heterocycles. The van der Waals surface area contributed by atoms with Crippen molar-refractivity contribution in [2.45, 2.75) is 33.0 Å². The van der Waals surface area contributed by atoms with Crippen LogP contribution in [-0.4, -0.2) is 37.7 Å². The first-order chi connectivity index (χ1) is 9.44. The van der Waals surface area contributed by atoms with E-state index >= 15 is 0 Å². The smallest absolute Gasteiger partial charge is 0.279 e. The summed E-state index contributed by atoms with van der Waals surface area (Å²) in [6.45, 7) is 8.23. The number of morpholine rings is 1. The van der Waals surface area contributed by atoms with Crippen molar-refractivity contribution in [1.29, 1.82) is 0 Å². The first-order valence-electron chi connectivity index (χ1n) is 6.99. The minimum atomic E-state index is -0.00736. The number of rotatable bonds is 3. The zero-order chi connectivity index (χ0) is 14.7. The molecule has 110 valence electrons. The Bertz CT molecular complexity index is 483. The second-order valence-electron chi connectivity index (χ2n) is 5.62. The summed E-state index contributed by atoms with van der Waals surface area (Å²) in [5.74, 6) is -0.00736. The van der Waals surface area contributed by atoms with Crippen molar-refractivity contribution >= 4 is 23.2 Å². The second kappa shape index (κ2) is 6.57. The van der Waals surface area contributed by atoms with Crippen LogP contribution in [0.3, 0.4) is 0 Å². The molecule has 2 rings (SSSR count). The number of ether oxygens (including phenoxy) is 1. The van der Waals surface area contributed by atoms with E-state index in [4.69, 9.17) is 16.3 Å². The van der Waals surface area contributed by atoms with E-state index in [0.29, 0.717) is 17.3 Å². The summed E-state index contributed by atoms with van der Waals surface area (Å²) < 4.78 is 5.67. The molecule has 1 aliphatic rings. The molecular formula is C15H22ClN2O2+. The number of hydrogen-bond acceptors (Lipinski definition) is 2. The van der Waals surface area contributed by atoms with Gasteiger partial charge in [0.05, 0.1) is 10.7 Å². The van der Waals surface area contributed by atoms with Crippen LogP contribution in [0, 0.1) is 6.92 Å². The molecule has 0 aromatic heterocycles. The molecule has 0 saturated carbocycles. The number of quaternary nitrogens is 1. The Morgan fingerprint density at radius 2 is 2.05 bits per heavy atom. The number of amides is 1. The summed E-state index contributed by atoms with van der Waals surface area (Å²) in [4.78, 5) is 13.3. The summed E-state index contributed by atoms with van der Waals surface area (Å²) in [6.07, 6.45) is 0.397. The summed E-state index contributed by atoms with van der Waals surface area (Å²) in [5, 5.41) is 3.46. The van der Waals surface area contributed by atoms with Crippen molar-refractivity contribution in [3.05, 3.63) is 28.8 Å². The lowest BCUT2D eigenvalue weighted by molar-refractivity contribution is -0.907. The summed E-state index contributed by atoms with van der Waals surface area (Å²) in [7, 11) is 0. The topological polar surface area (TPSA) is 42.8 Å². The van der Waals surface area contributed by atoms with Gasteiger partial charge in [0, 0.05) is 0 Å². The molecule has 20 heavy (non-hydrogen) atoms. The van der Waals surface area contributed by atoms with Crippen LogP contribution < -0.4 is 10.2 Å². The Kier molecular flexibility index (Phi) is 5.02. The fourth-order valence-electron chi connectivity index (χ4n) is 2.68. The average molecular weight is 298 g/mol. The van der Waals surface area contributed by atoms with Gasteiger partial charge in [0.25, 0.3) is 5.91 Å². The van der Waals surface area contributed by atoms with Gasteiger partial charge < -0.3 is 15.0 Å². The SMILES string of the molecule is Cc1ccc(NC(=O)C[NH+]2C[C@@H](C)O[C@H](C)C2)c(Cl)c1. The highest BCUT2D eigenvalue weighted by Crippen LogP contribution is 2.22. The molecule has 1 aromatic rings. The number of benzene rings is 1. The molecule has 1 amide bonds. The Morgan fingerprint density at radius 1 is 1.40 bits per heavy atom. The third kappa shape index (κ3) is 4.20. The van der Waals surface area contributed by atoms with E-state index in [2.05, 4.69) is 5.32 Å². The van der Waals surface area contributed by atoms with Crippen LogP contribution in [0.25, 0.3) is 0 Å². The van der Waals surface area contributed by atoms with Gasteiger partial charge in [0.2, 0.25) is 0 Å². The van der Waals surface area contributed by atoms with Gasteiger partial charge in [-0.15, -0.1) is 0 Å². The molecular weight excluding hydrogens is 276 g/mol. The number of anilines is 1. The van der Waals surface area contributed by atoms with E-state index in [1.165, 1.54) is 4.90 Å². The minimum absolute atomic E-state index is 0.00736. The molecule has 1 fully saturated rings. The van der Waals surface area contributed by atoms with Crippen LogP contribution in [0.4, 0.5) is 5.69 Å². The number of halogens is 1. The van der Waals surface area contributed by atoms with E-state index in [1.807, 2.05) is 39.0 Å². The Morgan fingerprint density at radius 3 is 2.65 bits per heavy atom. The van der Waals surface area contributed by atoms with E-state index in [-0.39, 0.29) is 18.1 Å². The summed E-state index contributed by atoms with van der Waals surface area (Å²) in [6, 6.07) is 5.63. The van der Waals surface area contributed by atoms with Crippen molar-refractivity contribution in [1.82, 2.24) is 0 Å². The van der Waals surface area contributed by atoms with E-state index in [9.17, 15) is 4.79 Å². The molecule has 2 atom stereocenters. The molecule has 0 aliphatic carbocycles. The van der Waals surface area contributed by atoms with E-state index in [1.54, 1.807) is 0 Å². The maximum Gasteiger partial charge on any atom is 0.279 e. The predicted octanol–water partition coefficient (Wildman–Crippen LogP) is 1.28. The number of hydrogen-bond donors (Lipinski definition) is 2. The number of carbonyl (C=O) groups excluding carboxylic acids is 1. The maximum atomic E-state index is 12.1. The first-order valence-corrected chi connectivity index (χ1v) is 7.37. The predicted molar refractivity (Wildman–Crippen MR) is 80.4 cm³/mol. The van der Waals surface area contributed by atoms with E-state index < -0.39 is 0 Å².